The minimum absolute atomic E-state index is 0.0985. The average molecular weight is 432 g/mol. The van der Waals surface area contributed by atoms with Crippen LogP contribution in [0.3, 0.4) is 0 Å². The van der Waals surface area contributed by atoms with Crippen molar-refractivity contribution in [1.82, 2.24) is 10.2 Å². The van der Waals surface area contributed by atoms with Crippen molar-refractivity contribution in [2.24, 2.45) is 5.92 Å². The van der Waals surface area contributed by atoms with Gasteiger partial charge in [0.15, 0.2) is 5.79 Å². The van der Waals surface area contributed by atoms with E-state index in [1.54, 1.807) is 34.6 Å². The molecule has 0 aliphatic carbocycles. The molecule has 0 aromatic rings. The van der Waals surface area contributed by atoms with Gasteiger partial charge in [-0.1, -0.05) is 41.7 Å². The van der Waals surface area contributed by atoms with Gasteiger partial charge in [0.2, 0.25) is 0 Å². The zero-order valence-electron chi connectivity index (χ0n) is 15.6. The molecule has 0 aromatic carbocycles. The van der Waals surface area contributed by atoms with E-state index in [4.69, 9.17) is 49.0 Å². The third kappa shape index (κ3) is 4.94. The summed E-state index contributed by atoms with van der Waals surface area (Å²) in [7, 11) is 0. The maximum Gasteiger partial charge on any atom is 0.418 e. The Bertz CT molecular complexity index is 573. The Labute approximate surface area is 168 Å². The van der Waals surface area contributed by atoms with Gasteiger partial charge in [0.1, 0.15) is 17.9 Å². The van der Waals surface area contributed by atoms with Gasteiger partial charge in [-0.15, -0.1) is 0 Å². The van der Waals surface area contributed by atoms with Crippen molar-refractivity contribution >= 4 is 46.8 Å². The largest absolute Gasteiger partial charge is 0.443 e. The lowest BCUT2D eigenvalue weighted by molar-refractivity contribution is -0.155. The molecule has 26 heavy (non-hydrogen) atoms. The number of carbonyl (C=O) groups excluding carboxylic acids is 2. The van der Waals surface area contributed by atoms with E-state index < -0.39 is 39.5 Å². The number of halogens is 3. The van der Waals surface area contributed by atoms with Crippen LogP contribution in [0.2, 0.25) is 0 Å². The summed E-state index contributed by atoms with van der Waals surface area (Å²) in [4.78, 5) is 26.2. The quantitative estimate of drug-likeness (QED) is 0.642. The number of fused-ring (bicyclic) bond motifs is 1. The second-order valence-corrected chi connectivity index (χ2v) is 10.3. The van der Waals surface area contributed by atoms with Crippen molar-refractivity contribution in [1.29, 1.82) is 0 Å². The maximum absolute atomic E-state index is 12.7. The molecule has 2 fully saturated rings. The Morgan fingerprint density at radius 3 is 2.19 bits per heavy atom. The smallest absolute Gasteiger partial charge is 0.418 e. The molecule has 2 saturated heterocycles. The Morgan fingerprint density at radius 2 is 1.69 bits per heavy atom. The molecule has 2 rings (SSSR count). The van der Waals surface area contributed by atoms with Gasteiger partial charge < -0.3 is 14.2 Å². The summed E-state index contributed by atoms with van der Waals surface area (Å²) in [5, 5.41) is 3.12. The van der Waals surface area contributed by atoms with Crippen molar-refractivity contribution in [2.45, 2.75) is 75.1 Å². The van der Waals surface area contributed by atoms with Crippen molar-refractivity contribution in [3.63, 3.8) is 0 Å². The summed E-state index contributed by atoms with van der Waals surface area (Å²) >= 11 is 17.3. The molecule has 0 radical (unpaired) electrons. The second kappa shape index (κ2) is 7.26. The van der Waals surface area contributed by atoms with Crippen molar-refractivity contribution in [3.8, 4) is 0 Å². The van der Waals surface area contributed by atoms with Gasteiger partial charge in [0.25, 0.3) is 9.70 Å². The maximum atomic E-state index is 12.7. The van der Waals surface area contributed by atoms with E-state index in [1.807, 2.05) is 6.92 Å². The van der Waals surface area contributed by atoms with E-state index in [0.29, 0.717) is 6.54 Å². The molecule has 0 bridgehead atoms. The van der Waals surface area contributed by atoms with Gasteiger partial charge in [-0.25, -0.2) is 9.69 Å². The number of amides is 2. The van der Waals surface area contributed by atoms with Crippen LogP contribution in [0, 0.1) is 5.92 Å². The third-order valence-electron chi connectivity index (χ3n) is 4.01. The van der Waals surface area contributed by atoms with Crippen LogP contribution in [0.25, 0.3) is 0 Å². The Hall–Kier alpha value is -0.310. The minimum Gasteiger partial charge on any atom is -0.443 e. The first kappa shape index (κ1) is 22.0. The van der Waals surface area contributed by atoms with Gasteiger partial charge in [0.05, 0.1) is 6.10 Å². The minimum atomic E-state index is -2.33. The van der Waals surface area contributed by atoms with E-state index in [9.17, 15) is 9.59 Å². The summed E-state index contributed by atoms with van der Waals surface area (Å²) in [6.07, 6.45) is -2.77. The lowest BCUT2D eigenvalue weighted by atomic mass is 9.93. The first-order valence-corrected chi connectivity index (χ1v) is 9.48. The van der Waals surface area contributed by atoms with Gasteiger partial charge in [-0.3, -0.25) is 10.1 Å². The molecule has 0 saturated carbocycles. The lowest BCUT2D eigenvalue weighted by Crippen LogP contribution is -2.66. The van der Waals surface area contributed by atoms with Gasteiger partial charge in [-0.2, -0.15) is 0 Å². The second-order valence-electron chi connectivity index (χ2n) is 8.05. The highest BCUT2D eigenvalue weighted by Gasteiger charge is 2.55. The number of alkyl halides is 3. The summed E-state index contributed by atoms with van der Waals surface area (Å²) in [6.45, 7) is 11.0. The van der Waals surface area contributed by atoms with Crippen LogP contribution in [0.5, 0.6) is 0 Å². The molecular formula is C16H25Cl3N2O5. The number of hydrogen-bond donors (Lipinski definition) is 1. The molecule has 0 spiro atoms. The SMILES string of the molecule is C[C@@H]1CN[C@@H](N(C(=O)OC(C)(C)C)C(=O)C(Cl)(Cl)Cl)[C@@H]2OC(C)(C)O[C@@H]21. The number of rotatable bonds is 1. The monoisotopic (exact) mass is 430 g/mol. The van der Waals surface area contributed by atoms with Crippen LogP contribution in [0.15, 0.2) is 0 Å². The van der Waals surface area contributed by atoms with Crippen LogP contribution >= 0.6 is 34.8 Å². The average Bonchev–Trinajstić information content (AvgIpc) is 2.75. The van der Waals surface area contributed by atoms with Crippen molar-refractivity contribution in [3.05, 3.63) is 0 Å². The summed E-state index contributed by atoms with van der Waals surface area (Å²) in [5.74, 6) is -1.78. The molecule has 0 unspecified atom stereocenters. The van der Waals surface area contributed by atoms with E-state index in [1.165, 1.54) is 0 Å². The number of carbonyl (C=O) groups is 2. The molecular weight excluding hydrogens is 407 g/mol. The normalized spacial score (nSPS) is 31.3. The van der Waals surface area contributed by atoms with Crippen LogP contribution in [0.1, 0.15) is 41.5 Å². The molecule has 7 nitrogen and oxygen atoms in total. The summed E-state index contributed by atoms with van der Waals surface area (Å²) < 4.78 is 14.9. The molecule has 150 valence electrons. The highest BCUT2D eigenvalue weighted by Crippen LogP contribution is 2.38. The van der Waals surface area contributed by atoms with Crippen molar-refractivity contribution < 1.29 is 23.8 Å². The summed E-state index contributed by atoms with van der Waals surface area (Å²) in [5.41, 5.74) is -0.836. The Balaban J connectivity index is 2.38. The number of imide groups is 1. The zero-order chi connectivity index (χ0) is 20.1. The van der Waals surface area contributed by atoms with Crippen LogP contribution < -0.4 is 5.32 Å². The van der Waals surface area contributed by atoms with E-state index in [2.05, 4.69) is 5.32 Å². The number of ether oxygens (including phenoxy) is 3. The van der Waals surface area contributed by atoms with E-state index in [-0.39, 0.29) is 12.0 Å². The highest BCUT2D eigenvalue weighted by atomic mass is 35.6. The summed E-state index contributed by atoms with van der Waals surface area (Å²) in [6, 6.07) is 0. The van der Waals surface area contributed by atoms with Gasteiger partial charge in [-0.05, 0) is 40.5 Å². The first-order chi connectivity index (χ1) is 11.6. The molecule has 2 heterocycles. The topological polar surface area (TPSA) is 77.1 Å². The van der Waals surface area contributed by atoms with Crippen molar-refractivity contribution in [2.75, 3.05) is 6.54 Å². The van der Waals surface area contributed by atoms with Crippen LogP contribution in [-0.2, 0) is 19.0 Å². The molecule has 1 N–H and O–H groups in total. The fraction of sp³-hybridized carbons (Fsp3) is 0.875. The standard InChI is InChI=1S/C16H25Cl3N2O5/c1-8-7-20-11(10-9(8)24-15(5,6)25-10)21(12(22)16(17,18)19)13(23)26-14(2,3)4/h8-11,20H,7H2,1-6H3/t8-,9-,10-,11+/m1/s1. The lowest BCUT2D eigenvalue weighted by Gasteiger charge is -2.42. The predicted octanol–water partition coefficient (Wildman–Crippen LogP) is 3.21. The Kier molecular flexibility index (Phi) is 6.14. The number of piperidine rings is 1. The molecule has 2 amide bonds. The van der Waals surface area contributed by atoms with E-state index >= 15 is 0 Å². The number of nitrogens with one attached hydrogen (secondary N) is 1. The molecule has 2 aliphatic heterocycles. The fourth-order valence-electron chi connectivity index (χ4n) is 3.05. The first-order valence-electron chi connectivity index (χ1n) is 8.35. The van der Waals surface area contributed by atoms with E-state index in [0.717, 1.165) is 4.90 Å². The fourth-order valence-corrected chi connectivity index (χ4v) is 3.32. The number of hydrogen-bond acceptors (Lipinski definition) is 6. The predicted molar refractivity (Wildman–Crippen MR) is 98.1 cm³/mol. The third-order valence-corrected chi connectivity index (χ3v) is 4.50. The highest BCUT2D eigenvalue weighted by molar-refractivity contribution is 6.76. The van der Waals surface area contributed by atoms with Crippen LogP contribution in [-0.4, -0.2) is 57.0 Å². The van der Waals surface area contributed by atoms with Crippen LogP contribution in [0.4, 0.5) is 4.79 Å². The van der Waals surface area contributed by atoms with Gasteiger partial charge in [0, 0.05) is 6.54 Å². The molecule has 0 aromatic heterocycles. The molecule has 4 atom stereocenters. The van der Waals surface area contributed by atoms with Gasteiger partial charge >= 0.3 is 6.09 Å². The zero-order valence-corrected chi connectivity index (χ0v) is 17.9. The number of nitrogens with zero attached hydrogens (tertiary/aromatic N) is 1. The molecule has 10 heteroatoms. The Morgan fingerprint density at radius 1 is 1.15 bits per heavy atom. The molecule has 2 aliphatic rings.